The third kappa shape index (κ3) is 5.06. The minimum Gasteiger partial charge on any atom is -0.322 e. The fourth-order valence-electron chi connectivity index (χ4n) is 4.46. The van der Waals surface area contributed by atoms with Crippen molar-refractivity contribution in [3.8, 4) is 0 Å². The molecule has 0 atom stereocenters. The minimum atomic E-state index is -1.02. The normalized spacial score (nSPS) is 18.7. The number of carbonyl (C=O) groups is 3. The molecule has 2 aliphatic heterocycles. The van der Waals surface area contributed by atoms with E-state index in [4.69, 9.17) is 0 Å². The molecule has 1 N–H and O–H groups in total. The number of urea groups is 2. The molecule has 2 aromatic rings. The molecule has 36 heavy (non-hydrogen) atoms. The van der Waals surface area contributed by atoms with Gasteiger partial charge in [0.1, 0.15) is 11.4 Å². The second-order valence-electron chi connectivity index (χ2n) is 11.1. The fraction of sp³-hybridized carbons (Fsp3) is 0.481. The van der Waals surface area contributed by atoms with E-state index in [0.29, 0.717) is 24.6 Å². The van der Waals surface area contributed by atoms with E-state index < -0.39 is 5.54 Å². The summed E-state index contributed by atoms with van der Waals surface area (Å²) in [5.41, 5.74) is 1.42. The number of benzene rings is 1. The van der Waals surface area contributed by atoms with Crippen LogP contribution in [-0.2, 0) is 16.8 Å². The predicted molar refractivity (Wildman–Crippen MR) is 140 cm³/mol. The van der Waals surface area contributed by atoms with Gasteiger partial charge in [0, 0.05) is 38.9 Å². The molecule has 0 saturated carbocycles. The number of amides is 5. The van der Waals surface area contributed by atoms with Gasteiger partial charge in [-0.15, -0.1) is 0 Å². The maximum Gasteiger partial charge on any atom is 0.332 e. The van der Waals surface area contributed by atoms with Gasteiger partial charge in [-0.05, 0) is 61.7 Å². The molecule has 0 radical (unpaired) electrons. The molecular formula is C27H36N6O3. The fourth-order valence-corrected chi connectivity index (χ4v) is 4.46. The van der Waals surface area contributed by atoms with Crippen molar-refractivity contribution < 1.29 is 14.4 Å². The first-order valence-corrected chi connectivity index (χ1v) is 12.3. The summed E-state index contributed by atoms with van der Waals surface area (Å²) in [6, 6.07) is 10.6. The highest BCUT2D eigenvalue weighted by atomic mass is 16.2. The Balaban J connectivity index is 1.49. The van der Waals surface area contributed by atoms with Crippen molar-refractivity contribution in [2.45, 2.75) is 52.1 Å². The zero-order valence-corrected chi connectivity index (χ0v) is 22.0. The Morgan fingerprint density at radius 2 is 1.67 bits per heavy atom. The van der Waals surface area contributed by atoms with Crippen molar-refractivity contribution in [3.05, 3.63) is 53.7 Å². The van der Waals surface area contributed by atoms with E-state index in [1.807, 2.05) is 31.3 Å². The summed E-state index contributed by atoms with van der Waals surface area (Å²) in [5, 5.41) is 2.86. The van der Waals surface area contributed by atoms with Crippen LogP contribution in [0.1, 0.15) is 45.7 Å². The van der Waals surface area contributed by atoms with E-state index in [1.165, 1.54) is 4.90 Å². The van der Waals surface area contributed by atoms with Gasteiger partial charge in [-0.3, -0.25) is 10.1 Å². The standard InChI is InChI=1S/C27H36N6O3/c1-26(2,3)20-7-9-21(10-8-20)33-23(34)27(4,5)32(25(33)36)18-19-11-12-28-22(17-19)29-24(35)31-15-13-30(6)14-16-31/h7-12,17H,13-16,18H2,1-6H3,(H,28,29,35). The number of anilines is 2. The molecule has 5 amide bonds. The van der Waals surface area contributed by atoms with Gasteiger partial charge in [0.05, 0.1) is 5.69 Å². The number of rotatable bonds is 4. The maximum absolute atomic E-state index is 13.4. The third-order valence-electron chi connectivity index (χ3n) is 7.01. The third-order valence-corrected chi connectivity index (χ3v) is 7.01. The highest BCUT2D eigenvalue weighted by Gasteiger charge is 2.51. The van der Waals surface area contributed by atoms with Crippen LogP contribution in [0.4, 0.5) is 21.1 Å². The van der Waals surface area contributed by atoms with Crippen molar-refractivity contribution in [1.82, 2.24) is 19.7 Å². The van der Waals surface area contributed by atoms with E-state index >= 15 is 0 Å². The van der Waals surface area contributed by atoms with Crippen LogP contribution in [0.15, 0.2) is 42.6 Å². The van der Waals surface area contributed by atoms with Gasteiger partial charge in [0.2, 0.25) is 0 Å². The van der Waals surface area contributed by atoms with Gasteiger partial charge in [-0.2, -0.15) is 0 Å². The van der Waals surface area contributed by atoms with E-state index in [9.17, 15) is 14.4 Å². The second-order valence-corrected chi connectivity index (χ2v) is 11.1. The number of nitrogens with one attached hydrogen (secondary N) is 1. The quantitative estimate of drug-likeness (QED) is 0.654. The molecule has 3 heterocycles. The zero-order chi connectivity index (χ0) is 26.3. The smallest absolute Gasteiger partial charge is 0.322 e. The van der Waals surface area contributed by atoms with E-state index in [-0.39, 0.29) is 29.9 Å². The first kappa shape index (κ1) is 25.6. The Morgan fingerprint density at radius 1 is 1.03 bits per heavy atom. The van der Waals surface area contributed by atoms with Crippen molar-refractivity contribution in [2.75, 3.05) is 43.4 Å². The monoisotopic (exact) mass is 492 g/mol. The topological polar surface area (TPSA) is 89.1 Å². The molecule has 9 heteroatoms. The summed E-state index contributed by atoms with van der Waals surface area (Å²) < 4.78 is 0. The van der Waals surface area contributed by atoms with E-state index in [0.717, 1.165) is 24.2 Å². The molecule has 2 saturated heterocycles. The van der Waals surface area contributed by atoms with Crippen LogP contribution in [0.2, 0.25) is 0 Å². The molecule has 9 nitrogen and oxygen atoms in total. The van der Waals surface area contributed by atoms with Crippen molar-refractivity contribution in [1.29, 1.82) is 0 Å². The predicted octanol–water partition coefficient (Wildman–Crippen LogP) is 3.91. The number of pyridine rings is 1. The molecule has 1 aromatic carbocycles. The van der Waals surface area contributed by atoms with Crippen LogP contribution < -0.4 is 10.2 Å². The van der Waals surface area contributed by atoms with Gasteiger partial charge < -0.3 is 14.7 Å². The maximum atomic E-state index is 13.4. The first-order valence-electron chi connectivity index (χ1n) is 12.3. The number of nitrogens with zero attached hydrogens (tertiary/aromatic N) is 5. The van der Waals surface area contributed by atoms with Gasteiger partial charge in [0.15, 0.2) is 0 Å². The molecule has 192 valence electrons. The van der Waals surface area contributed by atoms with Gasteiger partial charge >= 0.3 is 12.1 Å². The van der Waals surface area contributed by atoms with Crippen molar-refractivity contribution >= 4 is 29.5 Å². The zero-order valence-electron chi connectivity index (χ0n) is 22.0. The van der Waals surface area contributed by atoms with Crippen LogP contribution in [0.5, 0.6) is 0 Å². The number of carbonyl (C=O) groups excluding carboxylic acids is 3. The molecule has 0 aliphatic carbocycles. The van der Waals surface area contributed by atoms with Crippen LogP contribution in [0.25, 0.3) is 0 Å². The first-order chi connectivity index (χ1) is 16.9. The Morgan fingerprint density at radius 3 is 2.28 bits per heavy atom. The van der Waals surface area contributed by atoms with Gasteiger partial charge in [-0.25, -0.2) is 19.5 Å². The Labute approximate surface area is 213 Å². The summed E-state index contributed by atoms with van der Waals surface area (Å²) in [6.45, 7) is 13.1. The number of hydrogen-bond acceptors (Lipinski definition) is 5. The number of piperazine rings is 1. The van der Waals surface area contributed by atoms with E-state index in [1.54, 1.807) is 42.0 Å². The number of likely N-dealkylation sites (N-methyl/N-ethyl adjacent to an activating group) is 1. The summed E-state index contributed by atoms with van der Waals surface area (Å²) in [4.78, 5) is 50.5. The lowest BCUT2D eigenvalue weighted by Gasteiger charge is -2.32. The second kappa shape index (κ2) is 9.54. The number of hydrogen-bond donors (Lipinski definition) is 1. The molecule has 2 aliphatic rings. The van der Waals surface area contributed by atoms with Crippen LogP contribution in [0, 0.1) is 0 Å². The van der Waals surface area contributed by atoms with Gasteiger partial charge in [-0.1, -0.05) is 32.9 Å². The molecule has 0 spiro atoms. The summed E-state index contributed by atoms with van der Waals surface area (Å²) >= 11 is 0. The Hall–Kier alpha value is -3.46. The van der Waals surface area contributed by atoms with Crippen molar-refractivity contribution in [2.24, 2.45) is 0 Å². The lowest BCUT2D eigenvalue weighted by atomic mass is 9.87. The summed E-state index contributed by atoms with van der Waals surface area (Å²) in [7, 11) is 2.04. The molecule has 2 fully saturated rings. The molecule has 0 bridgehead atoms. The summed E-state index contributed by atoms with van der Waals surface area (Å²) in [6.07, 6.45) is 1.60. The van der Waals surface area contributed by atoms with Crippen LogP contribution in [0.3, 0.4) is 0 Å². The Kier molecular flexibility index (Phi) is 6.79. The average Bonchev–Trinajstić information content (AvgIpc) is 2.98. The average molecular weight is 493 g/mol. The largest absolute Gasteiger partial charge is 0.332 e. The molecule has 0 unspecified atom stereocenters. The van der Waals surface area contributed by atoms with Crippen LogP contribution in [-0.4, -0.2) is 76.4 Å². The molecule has 1 aromatic heterocycles. The molecule has 4 rings (SSSR count). The van der Waals surface area contributed by atoms with E-state index in [2.05, 4.69) is 36.0 Å². The highest BCUT2D eigenvalue weighted by molar-refractivity contribution is 6.22. The molecular weight excluding hydrogens is 456 g/mol. The Bertz CT molecular complexity index is 1150. The SMILES string of the molecule is CN1CCN(C(=O)Nc2cc(CN3C(=O)N(c4ccc(C(C)(C)C)cc4)C(=O)C3(C)C)ccn2)CC1. The van der Waals surface area contributed by atoms with Gasteiger partial charge in [0.25, 0.3) is 5.91 Å². The summed E-state index contributed by atoms with van der Waals surface area (Å²) in [5.74, 6) is 0.149. The lowest BCUT2D eigenvalue weighted by molar-refractivity contribution is -0.123. The lowest BCUT2D eigenvalue weighted by Crippen LogP contribution is -2.48. The highest BCUT2D eigenvalue weighted by Crippen LogP contribution is 2.34. The number of imide groups is 1. The number of aromatic nitrogens is 1. The van der Waals surface area contributed by atoms with Crippen molar-refractivity contribution in [3.63, 3.8) is 0 Å². The van der Waals surface area contributed by atoms with Crippen LogP contribution >= 0.6 is 0 Å². The minimum absolute atomic E-state index is 0.0261.